The van der Waals surface area contributed by atoms with Crippen molar-refractivity contribution in [2.24, 2.45) is 5.92 Å². The summed E-state index contributed by atoms with van der Waals surface area (Å²) >= 11 is 2.45. The summed E-state index contributed by atoms with van der Waals surface area (Å²) in [7, 11) is 0. The van der Waals surface area contributed by atoms with E-state index in [1.54, 1.807) is 10.6 Å². The highest BCUT2D eigenvalue weighted by Crippen LogP contribution is 2.21. The molecule has 0 aliphatic carbocycles. The van der Waals surface area contributed by atoms with Crippen LogP contribution in [0.15, 0.2) is 21.4 Å². The van der Waals surface area contributed by atoms with Gasteiger partial charge < -0.3 is 5.11 Å². The second kappa shape index (κ2) is 5.75. The molecule has 102 valence electrons. The number of nitrogens with zero attached hydrogens (tertiary/aromatic N) is 2. The number of thiophene rings is 1. The van der Waals surface area contributed by atoms with Crippen LogP contribution in [-0.4, -0.2) is 26.4 Å². The van der Waals surface area contributed by atoms with Crippen molar-refractivity contribution in [1.29, 1.82) is 0 Å². The first-order chi connectivity index (χ1) is 8.99. The van der Waals surface area contributed by atoms with Crippen LogP contribution in [0, 0.1) is 5.92 Å². The number of aromatic nitrogens is 2. The van der Waals surface area contributed by atoms with Crippen molar-refractivity contribution < 1.29 is 9.90 Å². The predicted molar refractivity (Wildman–Crippen MR) is 77.1 cm³/mol. The fraction of sp³-hybridized carbons (Fsp3) is 0.417. The number of hydrogen-bond donors (Lipinski definition) is 1. The van der Waals surface area contributed by atoms with Gasteiger partial charge in [-0.2, -0.15) is 0 Å². The lowest BCUT2D eigenvalue weighted by molar-refractivity contribution is -0.133. The summed E-state index contributed by atoms with van der Waals surface area (Å²) in [5.41, 5.74) is 0.560. The molecule has 0 saturated carbocycles. The van der Waals surface area contributed by atoms with Crippen LogP contribution in [0.2, 0.25) is 0 Å². The van der Waals surface area contributed by atoms with Crippen molar-refractivity contribution in [3.63, 3.8) is 0 Å². The molecule has 2 aromatic heterocycles. The van der Waals surface area contributed by atoms with E-state index in [1.807, 2.05) is 19.2 Å². The molecule has 2 heterocycles. The van der Waals surface area contributed by atoms with E-state index >= 15 is 0 Å². The molecule has 0 aliphatic heterocycles. The standard InChI is InChI=1S/C12H14N2O3S2/c1-7(2)5-14-11(17)10-8(3-4-18-10)13-12(14)19-6-9(15)16/h3-4,7H,5-6H2,1-2H3,(H,15,16). The van der Waals surface area contributed by atoms with Crippen LogP contribution in [0.4, 0.5) is 0 Å². The maximum atomic E-state index is 12.4. The Morgan fingerprint density at radius 2 is 2.32 bits per heavy atom. The summed E-state index contributed by atoms with van der Waals surface area (Å²) in [6.45, 7) is 4.56. The third kappa shape index (κ3) is 3.16. The van der Waals surface area contributed by atoms with Crippen LogP contribution in [0.1, 0.15) is 13.8 Å². The molecule has 5 nitrogen and oxygen atoms in total. The molecule has 2 aromatic rings. The average Bonchev–Trinajstić information content (AvgIpc) is 2.78. The molecule has 0 radical (unpaired) electrons. The largest absolute Gasteiger partial charge is 0.481 e. The summed E-state index contributed by atoms with van der Waals surface area (Å²) in [4.78, 5) is 27.4. The van der Waals surface area contributed by atoms with Crippen molar-refractivity contribution in [2.45, 2.75) is 25.5 Å². The molecule has 19 heavy (non-hydrogen) atoms. The van der Waals surface area contributed by atoms with Gasteiger partial charge in [-0.25, -0.2) is 4.98 Å². The van der Waals surface area contributed by atoms with Gasteiger partial charge in [0.1, 0.15) is 4.70 Å². The zero-order chi connectivity index (χ0) is 14.0. The van der Waals surface area contributed by atoms with Gasteiger partial charge in [-0.1, -0.05) is 25.6 Å². The van der Waals surface area contributed by atoms with Gasteiger partial charge in [0.2, 0.25) is 0 Å². The maximum absolute atomic E-state index is 12.4. The van der Waals surface area contributed by atoms with Crippen molar-refractivity contribution >= 4 is 39.3 Å². The zero-order valence-corrected chi connectivity index (χ0v) is 12.3. The fourth-order valence-corrected chi connectivity index (χ4v) is 3.19. The van der Waals surface area contributed by atoms with Crippen LogP contribution in [0.3, 0.4) is 0 Å². The summed E-state index contributed by atoms with van der Waals surface area (Å²) in [6.07, 6.45) is 0. The molecule has 0 fully saturated rings. The Bertz CT molecular complexity index is 661. The van der Waals surface area contributed by atoms with E-state index in [0.717, 1.165) is 11.8 Å². The monoisotopic (exact) mass is 298 g/mol. The number of carboxylic acids is 1. The van der Waals surface area contributed by atoms with Crippen LogP contribution < -0.4 is 5.56 Å². The number of aliphatic carboxylic acids is 1. The van der Waals surface area contributed by atoms with E-state index in [9.17, 15) is 9.59 Å². The lowest BCUT2D eigenvalue weighted by Crippen LogP contribution is -2.25. The molecule has 0 bridgehead atoms. The summed E-state index contributed by atoms with van der Waals surface area (Å²) in [6, 6.07) is 1.78. The minimum Gasteiger partial charge on any atom is -0.481 e. The van der Waals surface area contributed by atoms with Gasteiger partial charge in [0, 0.05) is 6.54 Å². The number of rotatable bonds is 5. The predicted octanol–water partition coefficient (Wildman–Crippen LogP) is 2.29. The van der Waals surface area contributed by atoms with E-state index in [0.29, 0.717) is 27.8 Å². The first kappa shape index (κ1) is 14.1. The maximum Gasteiger partial charge on any atom is 0.313 e. The molecule has 2 rings (SSSR count). The van der Waals surface area contributed by atoms with Crippen LogP contribution in [0.25, 0.3) is 10.2 Å². The van der Waals surface area contributed by atoms with Gasteiger partial charge in [0.15, 0.2) is 5.16 Å². The molecule has 0 aliphatic rings. The minimum atomic E-state index is -0.916. The van der Waals surface area contributed by atoms with Gasteiger partial charge >= 0.3 is 5.97 Å². The highest BCUT2D eigenvalue weighted by Gasteiger charge is 2.14. The van der Waals surface area contributed by atoms with E-state index in [-0.39, 0.29) is 11.3 Å². The van der Waals surface area contributed by atoms with E-state index < -0.39 is 5.97 Å². The van der Waals surface area contributed by atoms with Gasteiger partial charge in [-0.15, -0.1) is 11.3 Å². The number of carboxylic acid groups (broad SMARTS) is 1. The topological polar surface area (TPSA) is 72.2 Å². The number of thioether (sulfide) groups is 1. The quantitative estimate of drug-likeness (QED) is 0.677. The number of hydrogen-bond acceptors (Lipinski definition) is 5. The first-order valence-electron chi connectivity index (χ1n) is 5.81. The Labute approximate surface area is 118 Å². The summed E-state index contributed by atoms with van der Waals surface area (Å²) in [5.74, 6) is -0.720. The van der Waals surface area contributed by atoms with Gasteiger partial charge in [0.25, 0.3) is 5.56 Å². The van der Waals surface area contributed by atoms with E-state index in [2.05, 4.69) is 4.98 Å². The molecular formula is C12H14N2O3S2. The second-order valence-corrected chi connectivity index (χ2v) is 6.38. The Morgan fingerprint density at radius 3 is 2.95 bits per heavy atom. The molecule has 7 heteroatoms. The minimum absolute atomic E-state index is 0.0819. The highest BCUT2D eigenvalue weighted by atomic mass is 32.2. The molecule has 1 N–H and O–H groups in total. The number of fused-ring (bicyclic) bond motifs is 1. The van der Waals surface area contributed by atoms with Crippen LogP contribution in [0.5, 0.6) is 0 Å². The van der Waals surface area contributed by atoms with Crippen molar-refractivity contribution in [2.75, 3.05) is 5.75 Å². The Hall–Kier alpha value is -1.34. The lowest BCUT2D eigenvalue weighted by atomic mass is 10.2. The highest BCUT2D eigenvalue weighted by molar-refractivity contribution is 7.99. The molecule has 0 saturated heterocycles. The molecule has 0 spiro atoms. The third-order valence-corrected chi connectivity index (χ3v) is 4.26. The summed E-state index contributed by atoms with van der Waals surface area (Å²) in [5, 5.41) is 11.1. The fourth-order valence-electron chi connectivity index (χ4n) is 1.69. The molecule has 0 atom stereocenters. The van der Waals surface area contributed by atoms with Crippen molar-refractivity contribution in [3.8, 4) is 0 Å². The number of carbonyl (C=O) groups is 1. The van der Waals surface area contributed by atoms with E-state index in [1.165, 1.54) is 11.3 Å². The third-order valence-electron chi connectivity index (χ3n) is 2.40. The van der Waals surface area contributed by atoms with Crippen LogP contribution in [-0.2, 0) is 11.3 Å². The smallest absolute Gasteiger partial charge is 0.313 e. The van der Waals surface area contributed by atoms with E-state index in [4.69, 9.17) is 5.11 Å². The van der Waals surface area contributed by atoms with Crippen molar-refractivity contribution in [3.05, 3.63) is 21.8 Å². The van der Waals surface area contributed by atoms with Gasteiger partial charge in [-0.3, -0.25) is 14.2 Å². The summed E-state index contributed by atoms with van der Waals surface area (Å²) < 4.78 is 2.21. The average molecular weight is 298 g/mol. The Morgan fingerprint density at radius 1 is 1.58 bits per heavy atom. The second-order valence-electron chi connectivity index (χ2n) is 4.52. The normalized spacial score (nSPS) is 11.3. The lowest BCUT2D eigenvalue weighted by Gasteiger charge is -2.13. The van der Waals surface area contributed by atoms with Crippen molar-refractivity contribution in [1.82, 2.24) is 9.55 Å². The molecule has 0 aromatic carbocycles. The van der Waals surface area contributed by atoms with Crippen LogP contribution >= 0.6 is 23.1 Å². The molecule has 0 amide bonds. The van der Waals surface area contributed by atoms with Gasteiger partial charge in [-0.05, 0) is 17.4 Å². The molecule has 0 unspecified atom stereocenters. The molecular weight excluding hydrogens is 284 g/mol. The first-order valence-corrected chi connectivity index (χ1v) is 7.68. The SMILES string of the molecule is CC(C)Cn1c(SCC(=O)O)nc2ccsc2c1=O. The Kier molecular flexibility index (Phi) is 4.26. The Balaban J connectivity index is 2.51. The zero-order valence-electron chi connectivity index (χ0n) is 10.6. The van der Waals surface area contributed by atoms with Gasteiger partial charge in [0.05, 0.1) is 11.3 Å².